The number of carbonyl (C=O) groups is 1. The number of pyridine rings is 2. The average Bonchev–Trinajstić information content (AvgIpc) is 2.37. The summed E-state index contributed by atoms with van der Waals surface area (Å²) in [5, 5.41) is 3.26. The number of amides is 1. The molecule has 0 aromatic carbocycles. The lowest BCUT2D eigenvalue weighted by atomic mass is 10.2. The van der Waals surface area contributed by atoms with E-state index in [2.05, 4.69) is 31.2 Å². The summed E-state index contributed by atoms with van der Waals surface area (Å²) in [6.07, 6.45) is 1.68. The average molecular weight is 375 g/mol. The lowest BCUT2D eigenvalue weighted by Gasteiger charge is -2.08. The van der Waals surface area contributed by atoms with Crippen LogP contribution in [0, 0.1) is 6.92 Å². The Hall–Kier alpha value is -1.17. The van der Waals surface area contributed by atoms with Crippen LogP contribution in [-0.2, 0) is 11.2 Å². The van der Waals surface area contributed by atoms with Crippen LogP contribution in [0.2, 0.25) is 10.3 Å². The Labute approximate surface area is 134 Å². The van der Waals surface area contributed by atoms with E-state index in [-0.39, 0.29) is 17.5 Å². The Morgan fingerprint density at radius 1 is 1.35 bits per heavy atom. The highest BCUT2D eigenvalue weighted by Crippen LogP contribution is 2.21. The number of aryl methyl sites for hydroxylation is 1. The van der Waals surface area contributed by atoms with E-state index < -0.39 is 0 Å². The van der Waals surface area contributed by atoms with Gasteiger partial charge in [-0.3, -0.25) is 4.79 Å². The molecule has 0 spiro atoms. The van der Waals surface area contributed by atoms with Crippen LogP contribution in [0.4, 0.5) is 5.69 Å². The van der Waals surface area contributed by atoms with Gasteiger partial charge in [0, 0.05) is 16.4 Å². The molecule has 7 heteroatoms. The van der Waals surface area contributed by atoms with Crippen molar-refractivity contribution in [3.63, 3.8) is 0 Å². The summed E-state index contributed by atoms with van der Waals surface area (Å²) in [4.78, 5) is 20.0. The third-order valence-electron chi connectivity index (χ3n) is 2.49. The SMILES string of the molecule is Cc1ccc(NC(=O)Cc2cc(Br)cnc2Cl)c(Cl)n1. The van der Waals surface area contributed by atoms with Crippen molar-refractivity contribution in [2.75, 3.05) is 5.32 Å². The number of aromatic nitrogens is 2. The molecular formula is C13H10BrCl2N3O. The maximum atomic E-state index is 12.0. The predicted molar refractivity (Wildman–Crippen MR) is 83.3 cm³/mol. The van der Waals surface area contributed by atoms with Gasteiger partial charge in [-0.2, -0.15) is 0 Å². The van der Waals surface area contributed by atoms with Crippen LogP contribution < -0.4 is 5.32 Å². The number of rotatable bonds is 3. The lowest BCUT2D eigenvalue weighted by molar-refractivity contribution is -0.115. The molecule has 0 aliphatic rings. The highest BCUT2D eigenvalue weighted by Gasteiger charge is 2.11. The topological polar surface area (TPSA) is 54.9 Å². The van der Waals surface area contributed by atoms with Crippen molar-refractivity contribution >= 4 is 50.7 Å². The van der Waals surface area contributed by atoms with Crippen LogP contribution in [0.25, 0.3) is 0 Å². The summed E-state index contributed by atoms with van der Waals surface area (Å²) < 4.78 is 0.764. The molecule has 0 fully saturated rings. The molecule has 1 amide bonds. The summed E-state index contributed by atoms with van der Waals surface area (Å²) in [6, 6.07) is 5.24. The molecule has 0 unspecified atom stereocenters. The van der Waals surface area contributed by atoms with Crippen LogP contribution in [0.5, 0.6) is 0 Å². The Bertz CT molecular complexity index is 664. The minimum atomic E-state index is -0.237. The van der Waals surface area contributed by atoms with Crippen molar-refractivity contribution in [3.8, 4) is 0 Å². The third kappa shape index (κ3) is 3.91. The summed E-state index contributed by atoms with van der Waals surface area (Å²) in [7, 11) is 0. The van der Waals surface area contributed by atoms with Crippen LogP contribution in [-0.4, -0.2) is 15.9 Å². The van der Waals surface area contributed by atoms with E-state index >= 15 is 0 Å². The van der Waals surface area contributed by atoms with Gasteiger partial charge >= 0.3 is 0 Å². The molecule has 0 bridgehead atoms. The molecular weight excluding hydrogens is 365 g/mol. The number of nitrogens with one attached hydrogen (secondary N) is 1. The zero-order chi connectivity index (χ0) is 14.7. The molecule has 2 aromatic heterocycles. The first-order valence-corrected chi connectivity index (χ1v) is 7.23. The van der Waals surface area contributed by atoms with Crippen LogP contribution in [0.15, 0.2) is 28.9 Å². The predicted octanol–water partition coefficient (Wildman–Crippen LogP) is 4.04. The van der Waals surface area contributed by atoms with Crippen molar-refractivity contribution in [3.05, 3.63) is 50.4 Å². The van der Waals surface area contributed by atoms with E-state index in [0.29, 0.717) is 16.4 Å². The number of nitrogens with zero attached hydrogens (tertiary/aromatic N) is 2. The van der Waals surface area contributed by atoms with Gasteiger partial charge in [0.05, 0.1) is 12.1 Å². The van der Waals surface area contributed by atoms with E-state index in [0.717, 1.165) is 10.2 Å². The van der Waals surface area contributed by atoms with E-state index in [1.54, 1.807) is 24.4 Å². The monoisotopic (exact) mass is 373 g/mol. The molecule has 0 saturated heterocycles. The van der Waals surface area contributed by atoms with Crippen LogP contribution >= 0.6 is 39.1 Å². The first-order valence-electron chi connectivity index (χ1n) is 5.68. The summed E-state index contributed by atoms with van der Waals surface area (Å²) in [5.41, 5.74) is 1.89. The number of halogens is 3. The van der Waals surface area contributed by atoms with Gasteiger partial charge < -0.3 is 5.32 Å². The van der Waals surface area contributed by atoms with Gasteiger partial charge in [-0.25, -0.2) is 9.97 Å². The quantitative estimate of drug-likeness (QED) is 0.825. The zero-order valence-electron chi connectivity index (χ0n) is 10.5. The van der Waals surface area contributed by atoms with Crippen LogP contribution in [0.3, 0.4) is 0 Å². The summed E-state index contributed by atoms with van der Waals surface area (Å²) >= 11 is 15.2. The molecule has 2 heterocycles. The van der Waals surface area contributed by atoms with E-state index in [4.69, 9.17) is 23.2 Å². The number of hydrogen-bond acceptors (Lipinski definition) is 3. The first-order chi connectivity index (χ1) is 9.45. The van der Waals surface area contributed by atoms with Crippen molar-refractivity contribution in [2.45, 2.75) is 13.3 Å². The number of anilines is 1. The lowest BCUT2D eigenvalue weighted by Crippen LogP contribution is -2.15. The van der Waals surface area contributed by atoms with Gasteiger partial charge in [-0.05, 0) is 46.6 Å². The molecule has 0 radical (unpaired) electrons. The fraction of sp³-hybridized carbons (Fsp3) is 0.154. The van der Waals surface area contributed by atoms with E-state index in [9.17, 15) is 4.79 Å². The van der Waals surface area contributed by atoms with Crippen molar-refractivity contribution < 1.29 is 4.79 Å². The largest absolute Gasteiger partial charge is 0.323 e. The minimum absolute atomic E-state index is 0.107. The molecule has 0 saturated carbocycles. The van der Waals surface area contributed by atoms with Gasteiger partial charge in [-0.15, -0.1) is 0 Å². The van der Waals surface area contributed by atoms with Gasteiger partial charge in [-0.1, -0.05) is 23.2 Å². The molecule has 2 rings (SSSR count). The Kier molecular flexibility index (Phi) is 4.96. The van der Waals surface area contributed by atoms with Gasteiger partial charge in [0.25, 0.3) is 0 Å². The molecule has 0 aliphatic heterocycles. The highest BCUT2D eigenvalue weighted by molar-refractivity contribution is 9.10. The molecule has 0 atom stereocenters. The molecule has 104 valence electrons. The van der Waals surface area contributed by atoms with Crippen LogP contribution in [0.1, 0.15) is 11.3 Å². The summed E-state index contributed by atoms with van der Waals surface area (Å²) in [6.45, 7) is 1.82. The molecule has 1 N–H and O–H groups in total. The highest BCUT2D eigenvalue weighted by atomic mass is 79.9. The van der Waals surface area contributed by atoms with E-state index in [1.807, 2.05) is 6.92 Å². The van der Waals surface area contributed by atoms with Crippen molar-refractivity contribution in [1.82, 2.24) is 9.97 Å². The van der Waals surface area contributed by atoms with Gasteiger partial charge in [0.1, 0.15) is 5.15 Å². The Balaban J connectivity index is 2.11. The fourth-order valence-electron chi connectivity index (χ4n) is 1.57. The second kappa shape index (κ2) is 6.52. The Morgan fingerprint density at radius 2 is 2.10 bits per heavy atom. The maximum Gasteiger partial charge on any atom is 0.228 e. The molecule has 20 heavy (non-hydrogen) atoms. The second-order valence-electron chi connectivity index (χ2n) is 4.12. The van der Waals surface area contributed by atoms with Gasteiger partial charge in [0.2, 0.25) is 5.91 Å². The van der Waals surface area contributed by atoms with Gasteiger partial charge in [0.15, 0.2) is 5.15 Å². The number of carbonyl (C=O) groups excluding carboxylic acids is 1. The second-order valence-corrected chi connectivity index (χ2v) is 5.75. The summed E-state index contributed by atoms with van der Waals surface area (Å²) in [5.74, 6) is -0.237. The standard InChI is InChI=1S/C13H10BrCl2N3O/c1-7-2-3-10(13(16)18-7)19-11(20)5-8-4-9(14)6-17-12(8)15/h2-4,6H,5H2,1H3,(H,19,20). The third-order valence-corrected chi connectivity index (χ3v) is 3.55. The maximum absolute atomic E-state index is 12.0. The fourth-order valence-corrected chi connectivity index (χ4v) is 2.37. The normalized spacial score (nSPS) is 10.4. The van der Waals surface area contributed by atoms with Crippen molar-refractivity contribution in [1.29, 1.82) is 0 Å². The molecule has 4 nitrogen and oxygen atoms in total. The number of hydrogen-bond donors (Lipinski definition) is 1. The first kappa shape index (κ1) is 15.2. The van der Waals surface area contributed by atoms with E-state index in [1.165, 1.54) is 0 Å². The molecule has 0 aliphatic carbocycles. The van der Waals surface area contributed by atoms with Crippen molar-refractivity contribution in [2.24, 2.45) is 0 Å². The molecule has 2 aromatic rings. The Morgan fingerprint density at radius 3 is 2.80 bits per heavy atom. The smallest absolute Gasteiger partial charge is 0.228 e. The minimum Gasteiger partial charge on any atom is -0.323 e. The zero-order valence-corrected chi connectivity index (χ0v) is 13.6.